The topological polar surface area (TPSA) is 130 Å². The van der Waals surface area contributed by atoms with Crippen LogP contribution >= 0.6 is 0 Å². The maximum Gasteiger partial charge on any atom is 0.305 e. The van der Waals surface area contributed by atoms with Crippen LogP contribution in [0.2, 0.25) is 0 Å². The molecule has 3 N–H and O–H groups in total. The van der Waals surface area contributed by atoms with Crippen molar-refractivity contribution in [3.8, 4) is 0 Å². The van der Waals surface area contributed by atoms with Crippen molar-refractivity contribution in [1.29, 1.82) is 0 Å². The number of ketones is 1. The van der Waals surface area contributed by atoms with Gasteiger partial charge in [0.2, 0.25) is 0 Å². The molecule has 8 heteroatoms. The number of hydrogen-bond acceptors (Lipinski definition) is 8. The van der Waals surface area contributed by atoms with Gasteiger partial charge in [-0.15, -0.1) is 0 Å². The van der Waals surface area contributed by atoms with E-state index in [1.54, 1.807) is 6.08 Å². The number of carbonyl (C=O) groups excluding carboxylic acids is 3. The monoisotopic (exact) mass is 470 g/mol. The predicted octanol–water partition coefficient (Wildman–Crippen LogP) is 2.86. The molecular weight excluding hydrogens is 428 g/mol. The van der Waals surface area contributed by atoms with E-state index in [2.05, 4.69) is 11.7 Å². The summed E-state index contributed by atoms with van der Waals surface area (Å²) in [5.74, 6) is -1.30. The first-order chi connectivity index (χ1) is 15.7. The third kappa shape index (κ3) is 12.9. The number of hydrogen-bond donors (Lipinski definition) is 3. The lowest BCUT2D eigenvalue weighted by molar-refractivity contribution is -0.151. The van der Waals surface area contributed by atoms with Crippen LogP contribution in [0, 0.1) is 11.8 Å². The van der Waals surface area contributed by atoms with Gasteiger partial charge in [-0.3, -0.25) is 14.4 Å². The first kappa shape index (κ1) is 29.3. The van der Waals surface area contributed by atoms with Crippen molar-refractivity contribution in [3.05, 3.63) is 12.2 Å². The van der Waals surface area contributed by atoms with E-state index in [-0.39, 0.29) is 43.7 Å². The number of carbonyl (C=O) groups is 3. The van der Waals surface area contributed by atoms with Gasteiger partial charge in [0, 0.05) is 31.6 Å². The fraction of sp³-hybridized carbons (Fsp3) is 0.800. The van der Waals surface area contributed by atoms with Crippen molar-refractivity contribution < 1.29 is 39.2 Å². The van der Waals surface area contributed by atoms with E-state index in [0.717, 1.165) is 38.5 Å². The molecule has 0 spiro atoms. The molecule has 190 valence electrons. The zero-order chi connectivity index (χ0) is 24.6. The first-order valence-electron chi connectivity index (χ1n) is 12.3. The molecule has 0 aliphatic heterocycles. The summed E-state index contributed by atoms with van der Waals surface area (Å²) in [6, 6.07) is 0. The van der Waals surface area contributed by atoms with Crippen LogP contribution < -0.4 is 0 Å². The average molecular weight is 471 g/mol. The third-order valence-electron chi connectivity index (χ3n) is 5.95. The van der Waals surface area contributed by atoms with Crippen molar-refractivity contribution in [2.75, 3.05) is 13.2 Å². The van der Waals surface area contributed by atoms with Crippen LogP contribution in [0.5, 0.6) is 0 Å². The van der Waals surface area contributed by atoms with Gasteiger partial charge in [-0.25, -0.2) is 0 Å². The van der Waals surface area contributed by atoms with E-state index in [1.807, 2.05) is 6.08 Å². The molecule has 1 aliphatic rings. The van der Waals surface area contributed by atoms with Gasteiger partial charge in [-0.05, 0) is 19.3 Å². The van der Waals surface area contributed by atoms with Crippen molar-refractivity contribution in [2.24, 2.45) is 11.8 Å². The summed E-state index contributed by atoms with van der Waals surface area (Å²) in [5.41, 5.74) is 0. The Kier molecular flexibility index (Phi) is 14.9. The summed E-state index contributed by atoms with van der Waals surface area (Å²) in [7, 11) is 0. The molecule has 0 bridgehead atoms. The Morgan fingerprint density at radius 3 is 2.45 bits per heavy atom. The van der Waals surface area contributed by atoms with Crippen molar-refractivity contribution in [3.63, 3.8) is 0 Å². The van der Waals surface area contributed by atoms with E-state index in [0.29, 0.717) is 19.3 Å². The molecule has 5 atom stereocenters. The Morgan fingerprint density at radius 2 is 1.76 bits per heavy atom. The van der Waals surface area contributed by atoms with Gasteiger partial charge in [-0.2, -0.15) is 0 Å². The van der Waals surface area contributed by atoms with Gasteiger partial charge < -0.3 is 24.8 Å². The molecule has 33 heavy (non-hydrogen) atoms. The lowest BCUT2D eigenvalue weighted by atomic mass is 9.88. The molecule has 0 aromatic rings. The minimum Gasteiger partial charge on any atom is -0.463 e. The highest BCUT2D eigenvalue weighted by Gasteiger charge is 2.39. The van der Waals surface area contributed by atoms with Crippen molar-refractivity contribution in [2.45, 2.75) is 103 Å². The number of aliphatic hydroxyl groups is 3. The Morgan fingerprint density at radius 1 is 1.06 bits per heavy atom. The molecule has 0 heterocycles. The van der Waals surface area contributed by atoms with Crippen LogP contribution in [0.25, 0.3) is 0 Å². The van der Waals surface area contributed by atoms with Gasteiger partial charge in [0.15, 0.2) is 0 Å². The Hall–Kier alpha value is -1.77. The normalized spacial score (nSPS) is 22.5. The van der Waals surface area contributed by atoms with Crippen LogP contribution in [0.4, 0.5) is 0 Å². The zero-order valence-corrected chi connectivity index (χ0v) is 20.1. The Balaban J connectivity index is 2.24. The highest BCUT2D eigenvalue weighted by atomic mass is 16.6. The van der Waals surface area contributed by atoms with Gasteiger partial charge in [0.25, 0.3) is 0 Å². The second-order valence-corrected chi connectivity index (χ2v) is 8.96. The molecule has 8 nitrogen and oxygen atoms in total. The molecule has 1 rings (SSSR count). The van der Waals surface area contributed by atoms with Crippen LogP contribution in [0.1, 0.15) is 84.5 Å². The van der Waals surface area contributed by atoms with Gasteiger partial charge in [0.05, 0.1) is 12.2 Å². The zero-order valence-electron chi connectivity index (χ0n) is 20.1. The van der Waals surface area contributed by atoms with Crippen molar-refractivity contribution in [1.82, 2.24) is 0 Å². The summed E-state index contributed by atoms with van der Waals surface area (Å²) >= 11 is 0. The summed E-state index contributed by atoms with van der Waals surface area (Å²) < 4.78 is 9.60. The second kappa shape index (κ2) is 16.8. The smallest absolute Gasteiger partial charge is 0.305 e. The molecule has 0 radical (unpaired) electrons. The minimum absolute atomic E-state index is 0.0773. The third-order valence-corrected chi connectivity index (χ3v) is 5.95. The standard InChI is InChI=1S/C25H42O8/c1-3-4-7-10-19(27)13-14-22-21(23(29)15-24(22)30)11-8-5-6-9-12-25(31)33-17-20(28)16-32-18(2)26/h13-14,19-22,24,27-28,30H,3-12,15-17H2,1-2H3/b14-13+/t19-,20+,21+,22+,24+/m0/s1. The minimum atomic E-state index is -1.03. The number of rotatable bonds is 17. The van der Waals surface area contributed by atoms with Crippen LogP contribution in [0.15, 0.2) is 12.2 Å². The molecule has 1 fully saturated rings. The number of aliphatic hydroxyl groups excluding tert-OH is 3. The van der Waals surface area contributed by atoms with Crippen LogP contribution in [0.3, 0.4) is 0 Å². The van der Waals surface area contributed by atoms with E-state index in [9.17, 15) is 29.7 Å². The Labute approximate surface area is 197 Å². The summed E-state index contributed by atoms with van der Waals surface area (Å²) in [6.07, 6.45) is 9.34. The van der Waals surface area contributed by atoms with Crippen molar-refractivity contribution >= 4 is 17.7 Å². The van der Waals surface area contributed by atoms with Gasteiger partial charge in [0.1, 0.15) is 25.1 Å². The first-order valence-corrected chi connectivity index (χ1v) is 12.3. The summed E-state index contributed by atoms with van der Waals surface area (Å²) in [5, 5.41) is 29.9. The molecule has 0 aromatic carbocycles. The SMILES string of the molecule is CCCCC[C@H](O)/C=C/[C@H]1[C@H](O)CC(=O)[C@@H]1CCCCCCC(=O)OC[C@H](O)COC(C)=O. The fourth-order valence-electron chi connectivity index (χ4n) is 4.06. The van der Waals surface area contributed by atoms with Crippen LogP contribution in [-0.2, 0) is 23.9 Å². The largest absolute Gasteiger partial charge is 0.463 e. The quantitative estimate of drug-likeness (QED) is 0.168. The molecule has 1 saturated carbocycles. The fourth-order valence-corrected chi connectivity index (χ4v) is 4.06. The highest BCUT2D eigenvalue weighted by molar-refractivity contribution is 5.84. The maximum atomic E-state index is 12.3. The molecule has 0 aromatic heterocycles. The predicted molar refractivity (Wildman–Crippen MR) is 123 cm³/mol. The van der Waals surface area contributed by atoms with E-state index in [4.69, 9.17) is 4.74 Å². The molecular formula is C25H42O8. The number of Topliss-reactive ketones (excluding diaryl/α,β-unsaturated/α-hetero) is 1. The summed E-state index contributed by atoms with van der Waals surface area (Å²) in [6.45, 7) is 2.94. The van der Waals surface area contributed by atoms with E-state index >= 15 is 0 Å². The van der Waals surface area contributed by atoms with Gasteiger partial charge >= 0.3 is 11.9 Å². The van der Waals surface area contributed by atoms with Crippen LogP contribution in [-0.4, -0.2) is 64.6 Å². The Bertz CT molecular complexity index is 618. The molecule has 0 unspecified atom stereocenters. The highest BCUT2D eigenvalue weighted by Crippen LogP contribution is 2.34. The second-order valence-electron chi connectivity index (χ2n) is 8.96. The van der Waals surface area contributed by atoms with E-state index < -0.39 is 30.3 Å². The summed E-state index contributed by atoms with van der Waals surface area (Å²) in [4.78, 5) is 34.7. The average Bonchev–Trinajstić information content (AvgIpc) is 3.03. The van der Waals surface area contributed by atoms with Gasteiger partial charge in [-0.1, -0.05) is 57.6 Å². The lowest BCUT2D eigenvalue weighted by Crippen LogP contribution is -2.24. The maximum absolute atomic E-state index is 12.3. The van der Waals surface area contributed by atoms with E-state index in [1.165, 1.54) is 6.92 Å². The molecule has 0 saturated heterocycles. The number of unbranched alkanes of at least 4 members (excludes halogenated alkanes) is 5. The molecule has 0 amide bonds. The number of ether oxygens (including phenoxy) is 2. The molecule has 1 aliphatic carbocycles. The number of esters is 2. The lowest BCUT2D eigenvalue weighted by Gasteiger charge is -2.18.